The van der Waals surface area contributed by atoms with Crippen molar-refractivity contribution in [3.63, 3.8) is 0 Å². The maximum Gasteiger partial charge on any atom is 0.191 e. The first-order valence-electron chi connectivity index (χ1n) is 8.55. The average Bonchev–Trinajstić information content (AvgIpc) is 3.06. The molecule has 6 heteroatoms. The molecule has 2 saturated heterocycles. The van der Waals surface area contributed by atoms with E-state index in [0.29, 0.717) is 6.04 Å². The standard InChI is InChI=1S/C17H27N5O/c1-18-17(20-9-7-14-5-2-3-8-19-14)21-11-16-12-22-10-4-6-15(22)13-23-16/h2-3,5,8,15-16H,4,6-7,9-13H2,1H3,(H2,18,20,21). The normalized spacial score (nSPS) is 25.2. The fourth-order valence-corrected chi connectivity index (χ4v) is 3.30. The number of ether oxygens (including phenoxy) is 1. The maximum atomic E-state index is 5.96. The van der Waals surface area contributed by atoms with Crippen molar-refractivity contribution in [1.82, 2.24) is 20.5 Å². The van der Waals surface area contributed by atoms with Crippen molar-refractivity contribution in [3.8, 4) is 0 Å². The lowest BCUT2D eigenvalue weighted by Gasteiger charge is -2.35. The molecule has 2 atom stereocenters. The van der Waals surface area contributed by atoms with Gasteiger partial charge in [0.15, 0.2) is 5.96 Å². The Labute approximate surface area is 138 Å². The molecular weight excluding hydrogens is 290 g/mol. The average molecular weight is 317 g/mol. The first kappa shape index (κ1) is 16.2. The van der Waals surface area contributed by atoms with E-state index in [1.54, 1.807) is 7.05 Å². The Morgan fingerprint density at radius 2 is 2.39 bits per heavy atom. The predicted molar refractivity (Wildman–Crippen MR) is 91.6 cm³/mol. The number of morpholine rings is 1. The molecular formula is C17H27N5O. The Morgan fingerprint density at radius 3 is 3.22 bits per heavy atom. The van der Waals surface area contributed by atoms with Gasteiger partial charge in [0, 0.05) is 51.0 Å². The van der Waals surface area contributed by atoms with E-state index in [1.807, 2.05) is 24.4 Å². The summed E-state index contributed by atoms with van der Waals surface area (Å²) in [7, 11) is 1.80. The van der Waals surface area contributed by atoms with E-state index in [1.165, 1.54) is 19.4 Å². The Kier molecular flexibility index (Phi) is 5.82. The summed E-state index contributed by atoms with van der Waals surface area (Å²) in [4.78, 5) is 11.2. The molecule has 2 aliphatic heterocycles. The third-order valence-corrected chi connectivity index (χ3v) is 4.58. The van der Waals surface area contributed by atoms with E-state index < -0.39 is 0 Å². The highest BCUT2D eigenvalue weighted by Crippen LogP contribution is 2.22. The van der Waals surface area contributed by atoms with Crippen molar-refractivity contribution in [2.75, 3.05) is 39.8 Å². The topological polar surface area (TPSA) is 61.8 Å². The molecule has 0 spiro atoms. The Bertz CT molecular complexity index is 507. The highest BCUT2D eigenvalue weighted by molar-refractivity contribution is 5.79. The summed E-state index contributed by atoms with van der Waals surface area (Å²) >= 11 is 0. The van der Waals surface area contributed by atoms with Crippen LogP contribution in [0.15, 0.2) is 29.4 Å². The molecule has 1 aromatic rings. The summed E-state index contributed by atoms with van der Waals surface area (Å²) in [6, 6.07) is 6.65. The van der Waals surface area contributed by atoms with Gasteiger partial charge in [-0.3, -0.25) is 14.9 Å². The van der Waals surface area contributed by atoms with Crippen LogP contribution in [-0.4, -0.2) is 67.8 Å². The summed E-state index contributed by atoms with van der Waals surface area (Å²) in [6.45, 7) is 4.74. The van der Waals surface area contributed by atoms with Gasteiger partial charge in [0.25, 0.3) is 0 Å². The number of guanidine groups is 1. The quantitative estimate of drug-likeness (QED) is 0.617. The third kappa shape index (κ3) is 4.65. The lowest BCUT2D eigenvalue weighted by molar-refractivity contribution is -0.0453. The van der Waals surface area contributed by atoms with Crippen molar-refractivity contribution in [2.24, 2.45) is 4.99 Å². The number of aliphatic imine (C=N–C) groups is 1. The van der Waals surface area contributed by atoms with E-state index in [9.17, 15) is 0 Å². The first-order valence-corrected chi connectivity index (χ1v) is 8.55. The highest BCUT2D eigenvalue weighted by Gasteiger charge is 2.31. The second kappa shape index (κ2) is 8.26. The third-order valence-electron chi connectivity index (χ3n) is 4.58. The number of hydrogen-bond acceptors (Lipinski definition) is 4. The molecule has 126 valence electrons. The summed E-state index contributed by atoms with van der Waals surface area (Å²) < 4.78 is 5.96. The number of pyridine rings is 1. The first-order chi connectivity index (χ1) is 11.3. The molecule has 3 rings (SSSR count). The van der Waals surface area contributed by atoms with Crippen LogP contribution in [0.3, 0.4) is 0 Å². The molecule has 3 heterocycles. The molecule has 1 aromatic heterocycles. The monoisotopic (exact) mass is 317 g/mol. The van der Waals surface area contributed by atoms with E-state index >= 15 is 0 Å². The minimum Gasteiger partial charge on any atom is -0.373 e. The molecule has 0 amide bonds. The lowest BCUT2D eigenvalue weighted by Crippen LogP contribution is -2.51. The van der Waals surface area contributed by atoms with Gasteiger partial charge in [-0.15, -0.1) is 0 Å². The van der Waals surface area contributed by atoms with Gasteiger partial charge < -0.3 is 15.4 Å². The van der Waals surface area contributed by atoms with Crippen LogP contribution in [-0.2, 0) is 11.2 Å². The second-order valence-electron chi connectivity index (χ2n) is 6.20. The molecule has 2 fully saturated rings. The number of aromatic nitrogens is 1. The van der Waals surface area contributed by atoms with Crippen LogP contribution < -0.4 is 10.6 Å². The van der Waals surface area contributed by atoms with E-state index in [4.69, 9.17) is 4.74 Å². The number of nitrogens with zero attached hydrogens (tertiary/aromatic N) is 3. The van der Waals surface area contributed by atoms with E-state index in [-0.39, 0.29) is 6.10 Å². The Hall–Kier alpha value is -1.66. The molecule has 0 aliphatic carbocycles. The van der Waals surface area contributed by atoms with Crippen molar-refractivity contribution >= 4 is 5.96 Å². The molecule has 6 nitrogen and oxygen atoms in total. The van der Waals surface area contributed by atoms with Gasteiger partial charge in [0.2, 0.25) is 0 Å². The largest absolute Gasteiger partial charge is 0.373 e. The summed E-state index contributed by atoms with van der Waals surface area (Å²) in [6.07, 6.45) is 5.56. The molecule has 23 heavy (non-hydrogen) atoms. The SMILES string of the molecule is CN=C(NCCc1ccccn1)NCC1CN2CCCC2CO1. The molecule has 2 unspecified atom stereocenters. The fraction of sp³-hybridized carbons (Fsp3) is 0.647. The number of fused-ring (bicyclic) bond motifs is 1. The molecule has 0 radical (unpaired) electrons. The smallest absolute Gasteiger partial charge is 0.191 e. The van der Waals surface area contributed by atoms with Crippen LogP contribution in [0.25, 0.3) is 0 Å². The fourth-order valence-electron chi connectivity index (χ4n) is 3.30. The van der Waals surface area contributed by atoms with Gasteiger partial charge in [-0.25, -0.2) is 0 Å². The zero-order valence-electron chi connectivity index (χ0n) is 13.9. The summed E-state index contributed by atoms with van der Waals surface area (Å²) in [5, 5.41) is 6.71. The van der Waals surface area contributed by atoms with Crippen LogP contribution in [0.5, 0.6) is 0 Å². The Balaban J connectivity index is 1.36. The molecule has 2 N–H and O–H groups in total. The highest BCUT2D eigenvalue weighted by atomic mass is 16.5. The van der Waals surface area contributed by atoms with Crippen molar-refractivity contribution in [1.29, 1.82) is 0 Å². The van der Waals surface area contributed by atoms with Gasteiger partial charge in [-0.1, -0.05) is 6.07 Å². The second-order valence-corrected chi connectivity index (χ2v) is 6.20. The van der Waals surface area contributed by atoms with Gasteiger partial charge in [-0.05, 0) is 31.5 Å². The summed E-state index contributed by atoms with van der Waals surface area (Å²) in [5.74, 6) is 0.827. The van der Waals surface area contributed by atoms with Crippen molar-refractivity contribution in [3.05, 3.63) is 30.1 Å². The van der Waals surface area contributed by atoms with Crippen LogP contribution in [0.4, 0.5) is 0 Å². The van der Waals surface area contributed by atoms with Crippen LogP contribution in [0.2, 0.25) is 0 Å². The van der Waals surface area contributed by atoms with Gasteiger partial charge in [-0.2, -0.15) is 0 Å². The van der Waals surface area contributed by atoms with Gasteiger partial charge in [0.1, 0.15) is 0 Å². The molecule has 2 aliphatic rings. The van der Waals surface area contributed by atoms with Crippen molar-refractivity contribution < 1.29 is 4.74 Å². The number of hydrogen-bond donors (Lipinski definition) is 2. The van der Waals surface area contributed by atoms with Crippen LogP contribution in [0.1, 0.15) is 18.5 Å². The number of nitrogens with one attached hydrogen (secondary N) is 2. The van der Waals surface area contributed by atoms with Crippen LogP contribution in [0, 0.1) is 0 Å². The minimum absolute atomic E-state index is 0.249. The maximum absolute atomic E-state index is 5.96. The molecule has 0 saturated carbocycles. The zero-order chi connectivity index (χ0) is 15.9. The minimum atomic E-state index is 0.249. The van der Waals surface area contributed by atoms with Gasteiger partial charge in [0.05, 0.1) is 12.7 Å². The summed E-state index contributed by atoms with van der Waals surface area (Å²) in [5.41, 5.74) is 1.09. The lowest BCUT2D eigenvalue weighted by atomic mass is 10.2. The van der Waals surface area contributed by atoms with Crippen LogP contribution >= 0.6 is 0 Å². The van der Waals surface area contributed by atoms with Crippen molar-refractivity contribution in [2.45, 2.75) is 31.4 Å². The van der Waals surface area contributed by atoms with E-state index in [0.717, 1.165) is 44.3 Å². The Morgan fingerprint density at radius 1 is 1.43 bits per heavy atom. The number of rotatable bonds is 5. The van der Waals surface area contributed by atoms with Gasteiger partial charge >= 0.3 is 0 Å². The van der Waals surface area contributed by atoms with E-state index in [2.05, 4.69) is 25.5 Å². The molecule has 0 aromatic carbocycles. The predicted octanol–water partition coefficient (Wildman–Crippen LogP) is 0.652. The zero-order valence-corrected chi connectivity index (χ0v) is 13.9. The molecule has 0 bridgehead atoms.